The summed E-state index contributed by atoms with van der Waals surface area (Å²) in [6.07, 6.45) is 0. The first-order valence-electron chi connectivity index (χ1n) is 9.38. The highest BCUT2D eigenvalue weighted by Gasteiger charge is 2.24. The highest BCUT2D eigenvalue weighted by molar-refractivity contribution is 6.17. The Kier molecular flexibility index (Phi) is 4.51. The molecule has 0 radical (unpaired) electrons. The fraction of sp³-hybridized carbons (Fsp3) is 0.0435. The number of amides is 2. The van der Waals surface area contributed by atoms with E-state index in [1.807, 2.05) is 0 Å². The molecule has 2 amide bonds. The number of rotatable bonds is 4. The molecular weight excluding hydrogens is 403 g/mol. The summed E-state index contributed by atoms with van der Waals surface area (Å²) in [5.41, 5.74) is 0.875. The van der Waals surface area contributed by atoms with Crippen LogP contribution in [0.3, 0.4) is 0 Å². The van der Waals surface area contributed by atoms with Crippen molar-refractivity contribution in [3.05, 3.63) is 83.9 Å². The number of anilines is 2. The number of para-hydroxylation sites is 1. The summed E-state index contributed by atoms with van der Waals surface area (Å²) in [6.45, 7) is 0.114. The highest BCUT2D eigenvalue weighted by atomic mass is 19.1. The van der Waals surface area contributed by atoms with Crippen molar-refractivity contribution in [3.8, 4) is 11.5 Å². The zero-order valence-corrected chi connectivity index (χ0v) is 16.0. The second-order valence-corrected chi connectivity index (χ2v) is 6.76. The molecule has 1 aliphatic heterocycles. The normalized spacial score (nSPS) is 12.0. The topological polar surface area (TPSA) is 89.8 Å². The summed E-state index contributed by atoms with van der Waals surface area (Å²) >= 11 is 0. The summed E-state index contributed by atoms with van der Waals surface area (Å²) in [7, 11) is 0. The maximum atomic E-state index is 14.1. The van der Waals surface area contributed by atoms with Gasteiger partial charge in [0.15, 0.2) is 11.5 Å². The summed E-state index contributed by atoms with van der Waals surface area (Å²) in [6, 6.07) is 17.4. The number of carbonyl (C=O) groups excluding carboxylic acids is 2. The van der Waals surface area contributed by atoms with Crippen LogP contribution in [0.4, 0.5) is 15.8 Å². The van der Waals surface area contributed by atoms with E-state index in [0.29, 0.717) is 28.2 Å². The van der Waals surface area contributed by atoms with Crippen LogP contribution in [-0.2, 0) is 0 Å². The number of furan rings is 1. The SMILES string of the molecule is O=C(Nc1c(C(=O)Nc2ccc3c(c2)OCO3)oc2ccccc12)c1ccccc1F. The molecule has 4 aromatic rings. The summed E-state index contributed by atoms with van der Waals surface area (Å²) in [4.78, 5) is 25.7. The van der Waals surface area contributed by atoms with Crippen molar-refractivity contribution >= 4 is 34.2 Å². The van der Waals surface area contributed by atoms with Crippen molar-refractivity contribution in [2.75, 3.05) is 17.4 Å². The van der Waals surface area contributed by atoms with Crippen LogP contribution in [0.1, 0.15) is 20.9 Å². The van der Waals surface area contributed by atoms with Crippen LogP contribution >= 0.6 is 0 Å². The zero-order chi connectivity index (χ0) is 21.4. The van der Waals surface area contributed by atoms with Gasteiger partial charge < -0.3 is 24.5 Å². The lowest BCUT2D eigenvalue weighted by Gasteiger charge is -2.08. The predicted octanol–water partition coefficient (Wildman–Crippen LogP) is 4.81. The maximum Gasteiger partial charge on any atom is 0.293 e. The van der Waals surface area contributed by atoms with Gasteiger partial charge in [-0.1, -0.05) is 24.3 Å². The highest BCUT2D eigenvalue weighted by Crippen LogP contribution is 2.35. The summed E-state index contributed by atoms with van der Waals surface area (Å²) < 4.78 is 30.4. The van der Waals surface area contributed by atoms with Gasteiger partial charge in [0.1, 0.15) is 17.1 Å². The first-order chi connectivity index (χ1) is 15.1. The minimum atomic E-state index is -0.693. The van der Waals surface area contributed by atoms with E-state index in [9.17, 15) is 14.0 Å². The third kappa shape index (κ3) is 3.44. The molecule has 2 N–H and O–H groups in total. The van der Waals surface area contributed by atoms with Gasteiger partial charge >= 0.3 is 0 Å². The monoisotopic (exact) mass is 418 g/mol. The predicted molar refractivity (Wildman–Crippen MR) is 111 cm³/mol. The molecule has 3 aromatic carbocycles. The Morgan fingerprint density at radius 3 is 2.48 bits per heavy atom. The molecule has 1 aliphatic rings. The molecule has 0 unspecified atom stereocenters. The molecule has 0 saturated heterocycles. The van der Waals surface area contributed by atoms with E-state index in [1.54, 1.807) is 48.5 Å². The molecule has 0 spiro atoms. The minimum Gasteiger partial charge on any atom is -0.454 e. The van der Waals surface area contributed by atoms with Crippen LogP contribution in [0, 0.1) is 5.82 Å². The Morgan fingerprint density at radius 1 is 0.839 bits per heavy atom. The van der Waals surface area contributed by atoms with E-state index in [1.165, 1.54) is 18.2 Å². The van der Waals surface area contributed by atoms with Crippen LogP contribution in [0.25, 0.3) is 11.0 Å². The molecule has 1 aromatic heterocycles. The Hall–Kier alpha value is -4.33. The van der Waals surface area contributed by atoms with Crippen LogP contribution in [-0.4, -0.2) is 18.6 Å². The average molecular weight is 418 g/mol. The largest absolute Gasteiger partial charge is 0.454 e. The van der Waals surface area contributed by atoms with E-state index in [0.717, 1.165) is 0 Å². The van der Waals surface area contributed by atoms with Gasteiger partial charge in [-0.25, -0.2) is 4.39 Å². The van der Waals surface area contributed by atoms with Gasteiger partial charge in [0, 0.05) is 17.1 Å². The number of carbonyl (C=O) groups is 2. The Balaban J connectivity index is 1.49. The fourth-order valence-corrected chi connectivity index (χ4v) is 3.32. The first kappa shape index (κ1) is 18.7. The number of fused-ring (bicyclic) bond motifs is 2. The lowest BCUT2D eigenvalue weighted by molar-refractivity contribution is 0.0999. The van der Waals surface area contributed by atoms with E-state index in [2.05, 4.69) is 10.6 Å². The molecule has 2 heterocycles. The van der Waals surface area contributed by atoms with Gasteiger partial charge in [0.25, 0.3) is 11.8 Å². The number of benzene rings is 3. The molecule has 31 heavy (non-hydrogen) atoms. The van der Waals surface area contributed by atoms with Crippen LogP contribution in [0.15, 0.2) is 71.1 Å². The van der Waals surface area contributed by atoms with E-state index in [4.69, 9.17) is 13.9 Å². The fourth-order valence-electron chi connectivity index (χ4n) is 3.32. The quantitative estimate of drug-likeness (QED) is 0.497. The van der Waals surface area contributed by atoms with Crippen LogP contribution < -0.4 is 20.1 Å². The second kappa shape index (κ2) is 7.49. The maximum absolute atomic E-state index is 14.1. The molecule has 154 valence electrons. The van der Waals surface area contributed by atoms with Gasteiger partial charge in [0.05, 0.1) is 5.56 Å². The van der Waals surface area contributed by atoms with E-state index < -0.39 is 17.6 Å². The zero-order valence-electron chi connectivity index (χ0n) is 16.0. The van der Waals surface area contributed by atoms with Crippen molar-refractivity contribution in [2.24, 2.45) is 0 Å². The third-order valence-electron chi connectivity index (χ3n) is 4.79. The van der Waals surface area contributed by atoms with Crippen LogP contribution in [0.2, 0.25) is 0 Å². The lowest BCUT2D eigenvalue weighted by Crippen LogP contribution is -2.18. The number of hydrogen-bond acceptors (Lipinski definition) is 5. The molecular formula is C23H15FN2O5. The standard InChI is InChI=1S/C23H15FN2O5/c24-16-7-3-1-5-14(16)22(27)26-20-15-6-2-4-8-17(15)31-21(20)23(28)25-13-9-10-18-19(11-13)30-12-29-18/h1-11H,12H2,(H,25,28)(H,26,27). The first-order valence-corrected chi connectivity index (χ1v) is 9.38. The number of hydrogen-bond donors (Lipinski definition) is 2. The van der Waals surface area contributed by atoms with Crippen molar-refractivity contribution in [1.29, 1.82) is 0 Å². The molecule has 0 bridgehead atoms. The Labute approximate surface area is 175 Å². The van der Waals surface area contributed by atoms with E-state index in [-0.39, 0.29) is 23.8 Å². The van der Waals surface area contributed by atoms with Crippen molar-refractivity contribution in [2.45, 2.75) is 0 Å². The molecule has 7 nitrogen and oxygen atoms in total. The lowest BCUT2D eigenvalue weighted by atomic mass is 10.1. The molecule has 0 fully saturated rings. The number of ether oxygens (including phenoxy) is 2. The molecule has 0 atom stereocenters. The van der Waals surface area contributed by atoms with Gasteiger partial charge in [0.2, 0.25) is 12.6 Å². The van der Waals surface area contributed by atoms with Crippen molar-refractivity contribution < 1.29 is 27.9 Å². The molecule has 8 heteroatoms. The van der Waals surface area contributed by atoms with Gasteiger partial charge in [-0.3, -0.25) is 9.59 Å². The third-order valence-corrected chi connectivity index (χ3v) is 4.79. The minimum absolute atomic E-state index is 0.108. The van der Waals surface area contributed by atoms with Gasteiger partial charge in [-0.2, -0.15) is 0 Å². The van der Waals surface area contributed by atoms with E-state index >= 15 is 0 Å². The van der Waals surface area contributed by atoms with Gasteiger partial charge in [-0.05, 0) is 36.4 Å². The Morgan fingerprint density at radius 2 is 1.61 bits per heavy atom. The van der Waals surface area contributed by atoms with Crippen LogP contribution in [0.5, 0.6) is 11.5 Å². The number of halogens is 1. The average Bonchev–Trinajstić information content (AvgIpc) is 3.38. The molecule has 5 rings (SSSR count). The summed E-state index contributed by atoms with van der Waals surface area (Å²) in [5, 5.41) is 5.86. The summed E-state index contributed by atoms with van der Waals surface area (Å²) in [5.74, 6) is -0.960. The van der Waals surface area contributed by atoms with Gasteiger partial charge in [-0.15, -0.1) is 0 Å². The number of nitrogens with one attached hydrogen (secondary N) is 2. The van der Waals surface area contributed by atoms with Crippen molar-refractivity contribution in [3.63, 3.8) is 0 Å². The smallest absolute Gasteiger partial charge is 0.293 e. The second-order valence-electron chi connectivity index (χ2n) is 6.76. The van der Waals surface area contributed by atoms with Crippen molar-refractivity contribution in [1.82, 2.24) is 0 Å². The molecule has 0 saturated carbocycles. The Bertz CT molecular complexity index is 1330. The molecule has 0 aliphatic carbocycles.